The predicted octanol–water partition coefficient (Wildman–Crippen LogP) is 2.62. The Kier molecular flexibility index (Phi) is 4.49. The molecule has 1 aromatic heterocycles. The van der Waals surface area contributed by atoms with Gasteiger partial charge in [-0.05, 0) is 25.1 Å². The van der Waals surface area contributed by atoms with Crippen LogP contribution in [0, 0.1) is 6.92 Å². The van der Waals surface area contributed by atoms with Crippen molar-refractivity contribution >= 4 is 26.8 Å². The highest BCUT2D eigenvalue weighted by molar-refractivity contribution is 7.89. The van der Waals surface area contributed by atoms with E-state index in [2.05, 4.69) is 4.98 Å². The molecule has 27 heavy (non-hydrogen) atoms. The Hall–Kier alpha value is -2.64. The Balaban J connectivity index is 1.48. The van der Waals surface area contributed by atoms with Gasteiger partial charge in [0.2, 0.25) is 10.0 Å². The summed E-state index contributed by atoms with van der Waals surface area (Å²) in [6.45, 7) is 3.27. The number of nitrogens with zero attached hydrogens (tertiary/aromatic N) is 2. The summed E-state index contributed by atoms with van der Waals surface area (Å²) in [6, 6.07) is 14.5. The summed E-state index contributed by atoms with van der Waals surface area (Å²) in [5.41, 5.74) is 2.56. The summed E-state index contributed by atoms with van der Waals surface area (Å²) in [4.78, 5) is 18.0. The third-order valence-corrected chi connectivity index (χ3v) is 6.92. The number of sulfonamides is 1. The van der Waals surface area contributed by atoms with E-state index in [1.54, 1.807) is 35.4 Å². The lowest BCUT2D eigenvalue weighted by Gasteiger charge is -2.34. The number of carbonyl (C=O) groups excluding carboxylic acids is 1. The highest BCUT2D eigenvalue weighted by atomic mass is 32.2. The molecule has 0 bridgehead atoms. The number of amides is 1. The Morgan fingerprint density at radius 3 is 2.33 bits per heavy atom. The van der Waals surface area contributed by atoms with Crippen molar-refractivity contribution in [2.24, 2.45) is 0 Å². The van der Waals surface area contributed by atoms with Gasteiger partial charge in [-0.3, -0.25) is 4.79 Å². The van der Waals surface area contributed by atoms with Gasteiger partial charge in [0.25, 0.3) is 5.91 Å². The van der Waals surface area contributed by atoms with Gasteiger partial charge in [-0.15, -0.1) is 0 Å². The van der Waals surface area contributed by atoms with E-state index in [1.807, 2.05) is 31.2 Å². The summed E-state index contributed by atoms with van der Waals surface area (Å²) >= 11 is 0. The van der Waals surface area contributed by atoms with E-state index >= 15 is 0 Å². The van der Waals surface area contributed by atoms with Gasteiger partial charge < -0.3 is 9.88 Å². The molecule has 6 nitrogen and oxygen atoms in total. The van der Waals surface area contributed by atoms with Gasteiger partial charge in [-0.1, -0.05) is 35.9 Å². The first-order chi connectivity index (χ1) is 13.0. The maximum atomic E-state index is 12.9. The van der Waals surface area contributed by atoms with Crippen LogP contribution in [-0.2, 0) is 10.0 Å². The summed E-state index contributed by atoms with van der Waals surface area (Å²) in [7, 11) is -3.53. The zero-order valence-electron chi connectivity index (χ0n) is 15.1. The molecule has 0 radical (unpaired) electrons. The van der Waals surface area contributed by atoms with E-state index in [-0.39, 0.29) is 5.91 Å². The van der Waals surface area contributed by atoms with Gasteiger partial charge in [0.05, 0.1) is 10.5 Å². The largest absolute Gasteiger partial charge is 0.360 e. The maximum Gasteiger partial charge on any atom is 0.256 e. The maximum absolute atomic E-state index is 12.9. The fraction of sp³-hybridized carbons (Fsp3) is 0.250. The van der Waals surface area contributed by atoms with Crippen LogP contribution in [0.4, 0.5) is 0 Å². The van der Waals surface area contributed by atoms with Gasteiger partial charge in [-0.2, -0.15) is 4.31 Å². The lowest BCUT2D eigenvalue weighted by atomic mass is 10.1. The number of para-hydroxylation sites is 1. The number of hydrogen-bond donors (Lipinski definition) is 1. The minimum Gasteiger partial charge on any atom is -0.360 e. The summed E-state index contributed by atoms with van der Waals surface area (Å²) in [5.74, 6) is -0.0696. The van der Waals surface area contributed by atoms with Crippen molar-refractivity contribution < 1.29 is 13.2 Å². The van der Waals surface area contributed by atoms with E-state index in [4.69, 9.17) is 0 Å². The fourth-order valence-electron chi connectivity index (χ4n) is 3.41. The van der Waals surface area contributed by atoms with Crippen LogP contribution in [-0.4, -0.2) is 54.7 Å². The minimum atomic E-state index is -3.53. The number of hydrogen-bond acceptors (Lipinski definition) is 3. The Bertz CT molecular complexity index is 1080. The van der Waals surface area contributed by atoms with Crippen LogP contribution in [0.3, 0.4) is 0 Å². The van der Waals surface area contributed by atoms with Crippen molar-refractivity contribution in [3.05, 3.63) is 65.9 Å². The average molecular weight is 383 g/mol. The number of aryl methyl sites for hydroxylation is 1. The third-order valence-electron chi connectivity index (χ3n) is 5.00. The summed E-state index contributed by atoms with van der Waals surface area (Å²) in [6.07, 6.45) is 1.72. The quantitative estimate of drug-likeness (QED) is 0.756. The molecule has 1 saturated heterocycles. The number of benzene rings is 2. The van der Waals surface area contributed by atoms with Crippen molar-refractivity contribution in [3.8, 4) is 0 Å². The van der Waals surface area contributed by atoms with Gasteiger partial charge >= 0.3 is 0 Å². The van der Waals surface area contributed by atoms with Crippen molar-refractivity contribution in [2.45, 2.75) is 11.8 Å². The molecule has 1 aliphatic heterocycles. The van der Waals surface area contributed by atoms with E-state index in [0.29, 0.717) is 36.6 Å². The Morgan fingerprint density at radius 1 is 0.963 bits per heavy atom. The first-order valence-electron chi connectivity index (χ1n) is 8.89. The molecule has 1 N–H and O–H groups in total. The van der Waals surface area contributed by atoms with Crippen LogP contribution in [0.1, 0.15) is 15.9 Å². The van der Waals surface area contributed by atoms with E-state index in [9.17, 15) is 13.2 Å². The SMILES string of the molecule is Cc1ccc(S(=O)(=O)N2CCN(C(=O)c3c[nH]c4ccccc34)CC2)cc1. The lowest BCUT2D eigenvalue weighted by molar-refractivity contribution is 0.0700. The molecule has 0 atom stereocenters. The van der Waals surface area contributed by atoms with Gasteiger partial charge in [-0.25, -0.2) is 8.42 Å². The standard InChI is InChI=1S/C20H21N3O3S/c1-15-6-8-16(9-7-15)27(25,26)23-12-10-22(11-13-23)20(24)18-14-21-19-5-3-2-4-17(18)19/h2-9,14,21H,10-13H2,1H3. The number of nitrogens with one attached hydrogen (secondary N) is 1. The molecule has 0 saturated carbocycles. The van der Waals surface area contributed by atoms with E-state index in [1.165, 1.54) is 4.31 Å². The van der Waals surface area contributed by atoms with Gasteiger partial charge in [0.15, 0.2) is 0 Å². The normalized spacial score (nSPS) is 16.0. The zero-order chi connectivity index (χ0) is 19.0. The molecule has 1 amide bonds. The smallest absolute Gasteiger partial charge is 0.256 e. The monoisotopic (exact) mass is 383 g/mol. The van der Waals surface area contributed by atoms with Crippen molar-refractivity contribution in [2.75, 3.05) is 26.2 Å². The van der Waals surface area contributed by atoms with Gasteiger partial charge in [0, 0.05) is 43.3 Å². The summed E-state index contributed by atoms with van der Waals surface area (Å²) in [5, 5.41) is 0.886. The lowest BCUT2D eigenvalue weighted by Crippen LogP contribution is -2.50. The molecule has 0 spiro atoms. The number of fused-ring (bicyclic) bond motifs is 1. The van der Waals surface area contributed by atoms with Crippen LogP contribution in [0.5, 0.6) is 0 Å². The fourth-order valence-corrected chi connectivity index (χ4v) is 4.83. The third kappa shape index (κ3) is 3.24. The molecular formula is C20H21N3O3S. The first kappa shape index (κ1) is 17.8. The molecule has 140 valence electrons. The molecule has 2 aromatic carbocycles. The summed E-state index contributed by atoms with van der Waals surface area (Å²) < 4.78 is 27.0. The molecule has 7 heteroatoms. The van der Waals surface area contributed by atoms with Gasteiger partial charge in [0.1, 0.15) is 0 Å². The van der Waals surface area contributed by atoms with E-state index < -0.39 is 10.0 Å². The highest BCUT2D eigenvalue weighted by Gasteiger charge is 2.31. The number of carbonyl (C=O) groups is 1. The van der Waals surface area contributed by atoms with Crippen molar-refractivity contribution in [1.29, 1.82) is 0 Å². The number of rotatable bonds is 3. The van der Waals surface area contributed by atoms with Crippen LogP contribution in [0.2, 0.25) is 0 Å². The molecule has 3 aromatic rings. The topological polar surface area (TPSA) is 73.5 Å². The number of H-pyrrole nitrogens is 1. The predicted molar refractivity (Wildman–Crippen MR) is 104 cm³/mol. The zero-order valence-corrected chi connectivity index (χ0v) is 15.9. The molecular weight excluding hydrogens is 362 g/mol. The number of aromatic amines is 1. The van der Waals surface area contributed by atoms with Crippen LogP contribution in [0.25, 0.3) is 10.9 Å². The first-order valence-corrected chi connectivity index (χ1v) is 10.3. The number of piperazine rings is 1. The second-order valence-electron chi connectivity index (χ2n) is 6.76. The van der Waals surface area contributed by atoms with Crippen LogP contribution >= 0.6 is 0 Å². The van der Waals surface area contributed by atoms with E-state index in [0.717, 1.165) is 16.5 Å². The Morgan fingerprint density at radius 2 is 1.63 bits per heavy atom. The molecule has 1 fully saturated rings. The second-order valence-corrected chi connectivity index (χ2v) is 8.70. The van der Waals surface area contributed by atoms with Crippen LogP contribution in [0.15, 0.2) is 59.6 Å². The molecule has 2 heterocycles. The second kappa shape index (κ2) is 6.83. The molecule has 0 unspecified atom stereocenters. The minimum absolute atomic E-state index is 0.0696. The highest BCUT2D eigenvalue weighted by Crippen LogP contribution is 2.22. The Labute approximate surface area is 158 Å². The van der Waals surface area contributed by atoms with Crippen molar-refractivity contribution in [3.63, 3.8) is 0 Å². The number of aromatic nitrogens is 1. The average Bonchev–Trinajstić information content (AvgIpc) is 3.12. The molecule has 1 aliphatic rings. The molecule has 0 aliphatic carbocycles. The molecule has 4 rings (SSSR count). The van der Waals surface area contributed by atoms with Crippen LogP contribution < -0.4 is 0 Å². The van der Waals surface area contributed by atoms with Crippen molar-refractivity contribution in [1.82, 2.24) is 14.2 Å².